The maximum Gasteiger partial charge on any atom is 0.217 e. The highest BCUT2D eigenvalue weighted by atomic mass is 16.8. The minimum Gasteiger partial charge on any atom is -0.394 e. The Morgan fingerprint density at radius 2 is 0.763 bits per heavy atom. The molecule has 0 aromatic carbocycles. The van der Waals surface area contributed by atoms with E-state index in [1.807, 2.05) is 0 Å². The number of rotatable bonds is 23. The highest BCUT2D eigenvalue weighted by molar-refractivity contribution is 5.74. The summed E-state index contributed by atoms with van der Waals surface area (Å²) in [6, 6.07) is -5.18. The standard InChI is InChI=1S/C42H73N3O31/c1-11(53)43-14(4-46)33(23(57)15(56)5-47)72-41-31(65)36(27(61)19(9-51)70-41)75-39-22(45-13(3)55)35(26(60)18(8-50)68-39)74-42-32(66)37(28(62)20(10-52)71-42)76-38-21(44-12(2)54)34(25(59)17(7-49)67-38)73-40-30(64)29(63)24(58)16(6-48)69-40/h14-42,46-52,56-66H,4-10H2,1-3H3,(H,43,53)(H,44,54)(H,45,55)/t14-,15+,16+,17+,18+,19+,20+,21+,22+,23-,24-,25+,26+,27-,28-,29-,30+,31+,32+,33+,34+,35+,36-,37-,38-,39-,40-,41-,42-/m0/s1. The molecule has 5 aliphatic rings. The largest absolute Gasteiger partial charge is 0.394 e. The van der Waals surface area contributed by atoms with Crippen LogP contribution >= 0.6 is 0 Å². The van der Waals surface area contributed by atoms with E-state index in [1.54, 1.807) is 0 Å². The van der Waals surface area contributed by atoms with Crippen LogP contribution in [0.3, 0.4) is 0 Å². The van der Waals surface area contributed by atoms with Gasteiger partial charge < -0.3 is 155 Å². The summed E-state index contributed by atoms with van der Waals surface area (Å²) < 4.78 is 57.8. The van der Waals surface area contributed by atoms with Crippen LogP contribution in [-0.2, 0) is 61.8 Å². The second-order valence-electron chi connectivity index (χ2n) is 18.7. The van der Waals surface area contributed by atoms with Gasteiger partial charge in [-0.15, -0.1) is 0 Å². The van der Waals surface area contributed by atoms with Gasteiger partial charge in [0.1, 0.15) is 140 Å². The predicted octanol–water partition coefficient (Wildman–Crippen LogP) is -14.0. The van der Waals surface area contributed by atoms with Crippen molar-refractivity contribution in [2.24, 2.45) is 0 Å². The number of amides is 3. The molecule has 0 spiro atoms. The first kappa shape index (κ1) is 64.1. The third kappa shape index (κ3) is 14.6. The summed E-state index contributed by atoms with van der Waals surface area (Å²) in [6.07, 6.45) is -51.4. The van der Waals surface area contributed by atoms with E-state index in [2.05, 4.69) is 16.0 Å². The molecule has 21 N–H and O–H groups in total. The Morgan fingerprint density at radius 1 is 0.421 bits per heavy atom. The van der Waals surface area contributed by atoms with Gasteiger partial charge in [-0.05, 0) is 0 Å². The zero-order chi connectivity index (χ0) is 56.6. The van der Waals surface area contributed by atoms with Crippen LogP contribution in [-0.4, -0.2) is 334 Å². The molecule has 0 aromatic rings. The molecule has 0 unspecified atom stereocenters. The summed E-state index contributed by atoms with van der Waals surface area (Å²) in [5.74, 6) is -2.54. The molecule has 5 rings (SSSR count). The average molecular weight is 1120 g/mol. The van der Waals surface area contributed by atoms with Gasteiger partial charge in [-0.1, -0.05) is 0 Å². The topological polar surface area (TPSA) is 544 Å². The van der Waals surface area contributed by atoms with Crippen molar-refractivity contribution in [2.45, 2.75) is 199 Å². The van der Waals surface area contributed by atoms with Crippen LogP contribution in [0.5, 0.6) is 0 Å². The van der Waals surface area contributed by atoms with Crippen molar-refractivity contribution >= 4 is 17.7 Å². The van der Waals surface area contributed by atoms with Gasteiger partial charge in [-0.2, -0.15) is 0 Å². The number of aliphatic hydroxyl groups is 18. The van der Waals surface area contributed by atoms with E-state index < -0.39 is 242 Å². The number of ether oxygens (including phenoxy) is 10. The van der Waals surface area contributed by atoms with Gasteiger partial charge in [0.15, 0.2) is 31.5 Å². The van der Waals surface area contributed by atoms with E-state index in [-0.39, 0.29) is 0 Å². The number of nitrogens with one attached hydrogen (secondary N) is 3. The van der Waals surface area contributed by atoms with Crippen molar-refractivity contribution in [1.29, 1.82) is 0 Å². The van der Waals surface area contributed by atoms with E-state index in [0.29, 0.717) is 0 Å². The van der Waals surface area contributed by atoms with Crippen molar-refractivity contribution in [2.75, 3.05) is 46.2 Å². The van der Waals surface area contributed by atoms with Crippen LogP contribution in [0.15, 0.2) is 0 Å². The first-order valence-corrected chi connectivity index (χ1v) is 24.0. The van der Waals surface area contributed by atoms with Crippen molar-refractivity contribution in [3.05, 3.63) is 0 Å². The van der Waals surface area contributed by atoms with Crippen molar-refractivity contribution in [3.8, 4) is 0 Å². The molecule has 0 aliphatic carbocycles. The normalized spacial score (nSPS) is 43.8. The van der Waals surface area contributed by atoms with E-state index in [9.17, 15) is 106 Å². The Labute approximate surface area is 431 Å². The number of carbonyl (C=O) groups is 3. The molecule has 3 amide bonds. The zero-order valence-electron chi connectivity index (χ0n) is 41.0. The van der Waals surface area contributed by atoms with E-state index in [4.69, 9.17) is 47.4 Å². The molecule has 34 nitrogen and oxygen atoms in total. The number of hydrogen-bond donors (Lipinski definition) is 21. The molecule has 34 heteroatoms. The Hall–Kier alpha value is -2.71. The van der Waals surface area contributed by atoms with Gasteiger partial charge in [-0.3, -0.25) is 14.4 Å². The number of aliphatic hydroxyl groups excluding tert-OH is 18. The van der Waals surface area contributed by atoms with Gasteiger partial charge in [-0.25, -0.2) is 0 Å². The first-order chi connectivity index (χ1) is 35.9. The predicted molar refractivity (Wildman–Crippen MR) is 236 cm³/mol. The lowest BCUT2D eigenvalue weighted by atomic mass is 9.93. The van der Waals surface area contributed by atoms with E-state index in [1.165, 1.54) is 0 Å². The quantitative estimate of drug-likeness (QED) is 0.0452. The van der Waals surface area contributed by atoms with Gasteiger partial charge in [0.05, 0.1) is 52.3 Å². The lowest BCUT2D eigenvalue weighted by Gasteiger charge is -2.51. The monoisotopic (exact) mass is 1120 g/mol. The van der Waals surface area contributed by atoms with E-state index in [0.717, 1.165) is 20.8 Å². The van der Waals surface area contributed by atoms with Crippen LogP contribution in [0.25, 0.3) is 0 Å². The van der Waals surface area contributed by atoms with Gasteiger partial charge in [0, 0.05) is 20.8 Å². The summed E-state index contributed by atoms with van der Waals surface area (Å²) in [6.45, 7) is -4.13. The Bertz CT molecular complexity index is 1820. The lowest BCUT2D eigenvalue weighted by molar-refractivity contribution is -0.382. The molecule has 442 valence electrons. The molecular weight excluding hydrogens is 1040 g/mol. The lowest BCUT2D eigenvalue weighted by Crippen LogP contribution is -2.71. The number of hydrogen-bond acceptors (Lipinski definition) is 31. The molecule has 29 atom stereocenters. The van der Waals surface area contributed by atoms with Crippen molar-refractivity contribution < 1.29 is 154 Å². The Kier molecular flexibility index (Phi) is 24.1. The summed E-state index contributed by atoms with van der Waals surface area (Å²) in [7, 11) is 0. The molecule has 5 fully saturated rings. The summed E-state index contributed by atoms with van der Waals surface area (Å²) >= 11 is 0. The highest BCUT2D eigenvalue weighted by Crippen LogP contribution is 2.36. The molecule has 0 radical (unpaired) electrons. The second-order valence-corrected chi connectivity index (χ2v) is 18.7. The molecule has 0 saturated carbocycles. The maximum atomic E-state index is 12.8. The van der Waals surface area contributed by atoms with Crippen LogP contribution in [0, 0.1) is 0 Å². The zero-order valence-corrected chi connectivity index (χ0v) is 41.0. The fourth-order valence-electron chi connectivity index (χ4n) is 9.31. The highest BCUT2D eigenvalue weighted by Gasteiger charge is 2.58. The molecule has 5 aliphatic heterocycles. The van der Waals surface area contributed by atoms with Gasteiger partial charge in [0.2, 0.25) is 17.7 Å². The van der Waals surface area contributed by atoms with Crippen LogP contribution in [0.4, 0.5) is 0 Å². The fourth-order valence-corrected chi connectivity index (χ4v) is 9.31. The molecule has 5 saturated heterocycles. The SMILES string of the molecule is CC(=O)N[C@H]1[C@H](O[C@H]2[C@@H](O)[C@@H](CO)O[C@@H](O[C@H]3[C@H](O)[C@@H](CO)O[C@@H](O[C@H]4[C@@H](O)[C@@H](CO)O[C@@H](O[C@@H]([C@@H](O)[C@H](O)CO)[C@H](CO)NC(C)=O)[C@@H]4O)[C@@H]3NC(C)=O)[C@@H]2O)O[C@H](CO)[C@@H](O)[C@@H]1O[C@@H]1O[C@H](CO)[C@H](O)[C@H](O)[C@H]1O. The summed E-state index contributed by atoms with van der Waals surface area (Å²) in [5, 5.41) is 200. The van der Waals surface area contributed by atoms with Gasteiger partial charge in [0.25, 0.3) is 0 Å². The average Bonchev–Trinajstić information content (AvgIpc) is 3.38. The second kappa shape index (κ2) is 28.6. The smallest absolute Gasteiger partial charge is 0.217 e. The summed E-state index contributed by atoms with van der Waals surface area (Å²) in [5.41, 5.74) is 0. The fraction of sp³-hybridized carbons (Fsp3) is 0.929. The maximum absolute atomic E-state index is 12.8. The molecule has 76 heavy (non-hydrogen) atoms. The van der Waals surface area contributed by atoms with E-state index >= 15 is 0 Å². The number of carbonyl (C=O) groups excluding carboxylic acids is 3. The van der Waals surface area contributed by atoms with Crippen LogP contribution in [0.1, 0.15) is 20.8 Å². The molecule has 0 aromatic heterocycles. The molecule has 0 bridgehead atoms. The molecular formula is C42H73N3O31. The van der Waals surface area contributed by atoms with Crippen LogP contribution < -0.4 is 16.0 Å². The summed E-state index contributed by atoms with van der Waals surface area (Å²) in [4.78, 5) is 37.5. The minimum absolute atomic E-state index is 0.775. The van der Waals surface area contributed by atoms with Crippen LogP contribution in [0.2, 0.25) is 0 Å². The minimum atomic E-state index is -2.29. The Balaban J connectivity index is 1.46. The van der Waals surface area contributed by atoms with Crippen molar-refractivity contribution in [3.63, 3.8) is 0 Å². The first-order valence-electron chi connectivity index (χ1n) is 24.0. The van der Waals surface area contributed by atoms with Gasteiger partial charge >= 0.3 is 0 Å². The third-order valence-corrected chi connectivity index (χ3v) is 13.3. The third-order valence-electron chi connectivity index (χ3n) is 13.3. The molecule has 5 heterocycles. The van der Waals surface area contributed by atoms with Crippen molar-refractivity contribution in [1.82, 2.24) is 16.0 Å². The Morgan fingerprint density at radius 3 is 1.13 bits per heavy atom.